The molecule has 112 valence electrons. The van der Waals surface area contributed by atoms with Gasteiger partial charge < -0.3 is 15.3 Å². The molecule has 1 aliphatic rings. The van der Waals surface area contributed by atoms with Gasteiger partial charge in [0.1, 0.15) is 0 Å². The number of aromatic carboxylic acids is 1. The summed E-state index contributed by atoms with van der Waals surface area (Å²) in [6.45, 7) is 3.92. The molecule has 0 bridgehead atoms. The van der Waals surface area contributed by atoms with E-state index in [9.17, 15) is 9.59 Å². The SMILES string of the molecule is CC(C(=O)N(C)CCc1ccccc1C(=O)O)=C1CNC1. The molecule has 1 fully saturated rings. The van der Waals surface area contributed by atoms with Crippen LogP contribution >= 0.6 is 0 Å². The first kappa shape index (κ1) is 15.3. The highest BCUT2D eigenvalue weighted by Crippen LogP contribution is 2.13. The zero-order valence-electron chi connectivity index (χ0n) is 12.3. The number of carbonyl (C=O) groups excluding carboxylic acids is 1. The largest absolute Gasteiger partial charge is 0.478 e. The van der Waals surface area contributed by atoms with E-state index in [1.165, 1.54) is 0 Å². The van der Waals surface area contributed by atoms with E-state index in [1.54, 1.807) is 30.1 Å². The summed E-state index contributed by atoms with van der Waals surface area (Å²) < 4.78 is 0. The van der Waals surface area contributed by atoms with Gasteiger partial charge in [-0.1, -0.05) is 18.2 Å². The summed E-state index contributed by atoms with van der Waals surface area (Å²) in [5, 5.41) is 12.3. The summed E-state index contributed by atoms with van der Waals surface area (Å²) in [7, 11) is 1.75. The molecule has 0 radical (unpaired) electrons. The lowest BCUT2D eigenvalue weighted by atomic mass is 10.0. The Morgan fingerprint density at radius 3 is 2.52 bits per heavy atom. The van der Waals surface area contributed by atoms with Crippen molar-refractivity contribution < 1.29 is 14.7 Å². The molecular formula is C16H20N2O3. The Labute approximate surface area is 124 Å². The first-order valence-electron chi connectivity index (χ1n) is 6.96. The summed E-state index contributed by atoms with van der Waals surface area (Å²) in [6.07, 6.45) is 0.533. The smallest absolute Gasteiger partial charge is 0.335 e. The van der Waals surface area contributed by atoms with Gasteiger partial charge >= 0.3 is 5.97 Å². The summed E-state index contributed by atoms with van der Waals surface area (Å²) in [6, 6.07) is 6.91. The van der Waals surface area contributed by atoms with E-state index in [2.05, 4.69) is 5.32 Å². The van der Waals surface area contributed by atoms with Crippen LogP contribution in [0.25, 0.3) is 0 Å². The highest BCUT2D eigenvalue weighted by atomic mass is 16.4. The fourth-order valence-electron chi connectivity index (χ4n) is 2.29. The van der Waals surface area contributed by atoms with Crippen LogP contribution in [0.2, 0.25) is 0 Å². The Bertz CT molecular complexity index is 587. The number of hydrogen-bond donors (Lipinski definition) is 2. The van der Waals surface area contributed by atoms with Gasteiger partial charge in [-0.05, 0) is 30.5 Å². The molecule has 1 saturated heterocycles. The monoisotopic (exact) mass is 288 g/mol. The molecule has 0 atom stereocenters. The maximum Gasteiger partial charge on any atom is 0.335 e. The molecule has 5 heteroatoms. The van der Waals surface area contributed by atoms with Crippen LogP contribution in [0.15, 0.2) is 35.4 Å². The maximum absolute atomic E-state index is 12.2. The van der Waals surface area contributed by atoms with Crippen LogP contribution in [0, 0.1) is 0 Å². The Balaban J connectivity index is 2.00. The number of hydrogen-bond acceptors (Lipinski definition) is 3. The third-order valence-corrected chi connectivity index (χ3v) is 3.84. The first-order valence-corrected chi connectivity index (χ1v) is 6.96. The molecule has 0 unspecified atom stereocenters. The Hall–Kier alpha value is -2.14. The number of nitrogens with zero attached hydrogens (tertiary/aromatic N) is 1. The van der Waals surface area contributed by atoms with E-state index in [0.29, 0.717) is 18.5 Å². The number of rotatable bonds is 5. The van der Waals surface area contributed by atoms with Crippen molar-refractivity contribution in [2.24, 2.45) is 0 Å². The Kier molecular flexibility index (Phi) is 4.75. The molecule has 0 saturated carbocycles. The molecule has 1 aromatic rings. The summed E-state index contributed by atoms with van der Waals surface area (Å²) in [5.74, 6) is -0.919. The van der Waals surface area contributed by atoms with E-state index in [-0.39, 0.29) is 5.91 Å². The van der Waals surface area contributed by atoms with E-state index in [4.69, 9.17) is 5.11 Å². The minimum absolute atomic E-state index is 0.0132. The van der Waals surface area contributed by atoms with Crippen LogP contribution in [0.1, 0.15) is 22.8 Å². The quantitative estimate of drug-likeness (QED) is 0.801. The lowest BCUT2D eigenvalue weighted by molar-refractivity contribution is -0.125. The summed E-state index contributed by atoms with van der Waals surface area (Å²) >= 11 is 0. The lowest BCUT2D eigenvalue weighted by Crippen LogP contribution is -2.38. The van der Waals surface area contributed by atoms with E-state index >= 15 is 0 Å². The van der Waals surface area contributed by atoms with E-state index < -0.39 is 5.97 Å². The standard InChI is InChI=1S/C16H20N2O3/c1-11(13-9-17-10-13)15(19)18(2)8-7-12-5-3-4-6-14(12)16(20)21/h3-6,17H,7-10H2,1-2H3,(H,20,21). The predicted octanol–water partition coefficient (Wildman–Crippen LogP) is 1.31. The minimum atomic E-state index is -0.932. The van der Waals surface area contributed by atoms with Crippen molar-refractivity contribution in [1.82, 2.24) is 10.2 Å². The fraction of sp³-hybridized carbons (Fsp3) is 0.375. The van der Waals surface area contributed by atoms with Crippen molar-refractivity contribution in [1.29, 1.82) is 0 Å². The molecular weight excluding hydrogens is 268 g/mol. The maximum atomic E-state index is 12.2. The topological polar surface area (TPSA) is 69.6 Å². The van der Waals surface area contributed by atoms with Crippen LogP contribution in [-0.2, 0) is 11.2 Å². The molecule has 1 aromatic carbocycles. The second-order valence-electron chi connectivity index (χ2n) is 5.27. The molecule has 21 heavy (non-hydrogen) atoms. The zero-order chi connectivity index (χ0) is 15.4. The molecule has 5 nitrogen and oxygen atoms in total. The van der Waals surface area contributed by atoms with Crippen LogP contribution in [0.3, 0.4) is 0 Å². The lowest BCUT2D eigenvalue weighted by Gasteiger charge is -2.24. The van der Waals surface area contributed by atoms with Gasteiger partial charge in [-0.25, -0.2) is 4.79 Å². The third kappa shape index (κ3) is 3.49. The highest BCUT2D eigenvalue weighted by molar-refractivity contribution is 5.94. The van der Waals surface area contributed by atoms with Crippen LogP contribution in [0.4, 0.5) is 0 Å². The number of amides is 1. The first-order chi connectivity index (χ1) is 10.0. The van der Waals surface area contributed by atoms with Gasteiger partial charge in [-0.3, -0.25) is 4.79 Å². The van der Waals surface area contributed by atoms with Crippen molar-refractivity contribution in [2.45, 2.75) is 13.3 Å². The van der Waals surface area contributed by atoms with E-state index in [1.807, 2.05) is 13.0 Å². The van der Waals surface area contributed by atoms with Gasteiger partial charge in [0.25, 0.3) is 0 Å². The third-order valence-electron chi connectivity index (χ3n) is 3.84. The number of nitrogens with one attached hydrogen (secondary N) is 1. The average molecular weight is 288 g/mol. The van der Waals surface area contributed by atoms with Crippen LogP contribution in [0.5, 0.6) is 0 Å². The van der Waals surface area contributed by atoms with Crippen molar-refractivity contribution in [2.75, 3.05) is 26.7 Å². The van der Waals surface area contributed by atoms with Crippen molar-refractivity contribution in [3.05, 3.63) is 46.5 Å². The van der Waals surface area contributed by atoms with Gasteiger partial charge in [-0.15, -0.1) is 0 Å². The van der Waals surface area contributed by atoms with Crippen LogP contribution < -0.4 is 5.32 Å². The molecule has 1 heterocycles. The molecule has 2 N–H and O–H groups in total. The molecule has 1 amide bonds. The van der Waals surface area contributed by atoms with Gasteiger partial charge in [0.05, 0.1) is 5.56 Å². The highest BCUT2D eigenvalue weighted by Gasteiger charge is 2.19. The Morgan fingerprint density at radius 1 is 1.29 bits per heavy atom. The minimum Gasteiger partial charge on any atom is -0.478 e. The van der Waals surface area contributed by atoms with Gasteiger partial charge in [0.15, 0.2) is 0 Å². The fourth-order valence-corrected chi connectivity index (χ4v) is 2.29. The van der Waals surface area contributed by atoms with Gasteiger partial charge in [0.2, 0.25) is 5.91 Å². The normalized spacial score (nSPS) is 13.5. The second-order valence-corrected chi connectivity index (χ2v) is 5.27. The molecule has 1 aliphatic heterocycles. The van der Waals surface area contributed by atoms with Crippen molar-refractivity contribution in [3.63, 3.8) is 0 Å². The molecule has 0 aliphatic carbocycles. The number of likely N-dealkylation sites (N-methyl/N-ethyl adjacent to an activating group) is 1. The van der Waals surface area contributed by atoms with Crippen LogP contribution in [-0.4, -0.2) is 48.6 Å². The van der Waals surface area contributed by atoms with Gasteiger partial charge in [-0.2, -0.15) is 0 Å². The number of carboxylic acid groups (broad SMARTS) is 1. The summed E-state index contributed by atoms with van der Waals surface area (Å²) in [5.41, 5.74) is 3.00. The van der Waals surface area contributed by atoms with Crippen molar-refractivity contribution >= 4 is 11.9 Å². The van der Waals surface area contributed by atoms with Gasteiger partial charge in [0, 0.05) is 32.3 Å². The molecule has 2 rings (SSSR count). The summed E-state index contributed by atoms with van der Waals surface area (Å²) in [4.78, 5) is 25.0. The number of carbonyl (C=O) groups is 2. The van der Waals surface area contributed by atoms with Crippen molar-refractivity contribution in [3.8, 4) is 0 Å². The molecule has 0 aromatic heterocycles. The number of carboxylic acids is 1. The number of benzene rings is 1. The Morgan fingerprint density at radius 2 is 1.95 bits per heavy atom. The second kappa shape index (κ2) is 6.54. The predicted molar refractivity (Wildman–Crippen MR) is 80.3 cm³/mol. The van der Waals surface area contributed by atoms with E-state index in [0.717, 1.165) is 29.8 Å². The average Bonchev–Trinajstić information content (AvgIpc) is 2.42. The zero-order valence-corrected chi connectivity index (χ0v) is 12.3. The molecule has 0 spiro atoms.